The molecule has 1 aromatic heterocycles. The highest BCUT2D eigenvalue weighted by atomic mass is 32.1. The molecule has 0 unspecified atom stereocenters. The van der Waals surface area contributed by atoms with Crippen molar-refractivity contribution in [1.29, 1.82) is 0 Å². The molecule has 1 aliphatic heterocycles. The van der Waals surface area contributed by atoms with Gasteiger partial charge in [0.15, 0.2) is 0 Å². The van der Waals surface area contributed by atoms with Crippen molar-refractivity contribution < 1.29 is 0 Å². The van der Waals surface area contributed by atoms with Gasteiger partial charge in [-0.2, -0.15) is 0 Å². The predicted molar refractivity (Wildman–Crippen MR) is 191 cm³/mol. The van der Waals surface area contributed by atoms with Crippen LogP contribution in [0.1, 0.15) is 0 Å². The summed E-state index contributed by atoms with van der Waals surface area (Å²) in [7, 11) is -1.94. The van der Waals surface area contributed by atoms with Gasteiger partial charge in [0.2, 0.25) is 0 Å². The molecule has 7 aromatic carbocycles. The lowest BCUT2D eigenvalue weighted by molar-refractivity contribution is 1.30. The molecule has 1 aliphatic rings. The van der Waals surface area contributed by atoms with E-state index in [1.165, 1.54) is 75.1 Å². The van der Waals surface area contributed by atoms with Crippen molar-refractivity contribution in [2.45, 2.75) is 13.1 Å². The van der Waals surface area contributed by atoms with Crippen LogP contribution in [0.5, 0.6) is 0 Å². The third kappa shape index (κ3) is 3.56. The second-order valence-corrected chi connectivity index (χ2v) is 17.5. The first kappa shape index (κ1) is 24.9. The van der Waals surface area contributed by atoms with Crippen LogP contribution in [0.15, 0.2) is 140 Å². The summed E-state index contributed by atoms with van der Waals surface area (Å²) in [6.07, 6.45) is 0. The summed E-state index contributed by atoms with van der Waals surface area (Å²) in [5.74, 6) is 0. The Labute approximate surface area is 256 Å². The summed E-state index contributed by atoms with van der Waals surface area (Å²) >= 11 is 1.95. The Hall–Kier alpha value is -4.70. The maximum atomic E-state index is 2.53. The number of hydrogen-bond donors (Lipinski definition) is 0. The lowest BCUT2D eigenvalue weighted by atomic mass is 9.98. The number of rotatable bonds is 3. The molecule has 0 amide bonds. The second-order valence-electron chi connectivity index (χ2n) is 12.2. The summed E-state index contributed by atoms with van der Waals surface area (Å²) in [6, 6.07) is 51.8. The molecular weight excluding hydrogens is 555 g/mol. The van der Waals surface area contributed by atoms with Gasteiger partial charge in [-0.25, -0.2) is 0 Å². The number of benzene rings is 7. The molecule has 0 bridgehead atoms. The molecule has 0 atom stereocenters. The lowest BCUT2D eigenvalue weighted by Crippen LogP contribution is -2.49. The van der Waals surface area contributed by atoms with Crippen molar-refractivity contribution in [1.82, 2.24) is 0 Å². The molecule has 3 heteroatoms. The third-order valence-corrected chi connectivity index (χ3v) is 14.2. The van der Waals surface area contributed by atoms with Crippen LogP contribution >= 0.6 is 11.3 Å². The minimum atomic E-state index is -1.94. The van der Waals surface area contributed by atoms with Gasteiger partial charge in [0.25, 0.3) is 0 Å². The number of para-hydroxylation sites is 1. The van der Waals surface area contributed by atoms with Gasteiger partial charge in [-0.3, -0.25) is 0 Å². The molecule has 8 aromatic rings. The van der Waals surface area contributed by atoms with E-state index >= 15 is 0 Å². The minimum Gasteiger partial charge on any atom is -0.310 e. The molecule has 2 heterocycles. The molecular formula is C40H29NSSi. The summed E-state index contributed by atoms with van der Waals surface area (Å²) in [5.41, 5.74) is 6.49. The number of fused-ring (bicyclic) bond motifs is 10. The first-order valence-electron chi connectivity index (χ1n) is 14.9. The molecule has 43 heavy (non-hydrogen) atoms. The fraction of sp³-hybridized carbons (Fsp3) is 0.0500. The molecule has 0 saturated heterocycles. The van der Waals surface area contributed by atoms with Crippen molar-refractivity contribution in [3.8, 4) is 11.1 Å². The van der Waals surface area contributed by atoms with E-state index in [4.69, 9.17) is 0 Å². The summed E-state index contributed by atoms with van der Waals surface area (Å²) in [6.45, 7) is 5.05. The molecule has 0 radical (unpaired) electrons. The van der Waals surface area contributed by atoms with Crippen LogP contribution in [-0.2, 0) is 0 Å². The topological polar surface area (TPSA) is 3.24 Å². The Balaban J connectivity index is 1.31. The van der Waals surface area contributed by atoms with Gasteiger partial charge in [0.1, 0.15) is 8.07 Å². The molecule has 0 spiro atoms. The largest absolute Gasteiger partial charge is 0.310 e. The normalized spacial score (nSPS) is 13.5. The molecule has 204 valence electrons. The molecule has 9 rings (SSSR count). The summed E-state index contributed by atoms with van der Waals surface area (Å²) < 4.78 is 2.81. The van der Waals surface area contributed by atoms with Crippen LogP contribution in [-0.4, -0.2) is 8.07 Å². The first-order valence-corrected chi connectivity index (χ1v) is 18.8. The standard InChI is InChI=1S/C40H29NSSi/c1-43(2)37-23-22-33-32-18-10-11-19-36(32)42-40(33)39(37)34-21-20-28(25-38(34)43)41(27-13-4-3-5-14-27)35-24-26-12-6-7-15-29(26)30-16-8-9-17-31(30)35/h3-25H,1-2H3. The highest BCUT2D eigenvalue weighted by Crippen LogP contribution is 2.45. The molecule has 0 N–H and O–H groups in total. The van der Waals surface area contributed by atoms with Crippen LogP contribution in [0.2, 0.25) is 13.1 Å². The van der Waals surface area contributed by atoms with E-state index in [-0.39, 0.29) is 0 Å². The summed E-state index contributed by atoms with van der Waals surface area (Å²) in [4.78, 5) is 2.47. The smallest absolute Gasteiger partial charge is 0.114 e. The van der Waals surface area contributed by atoms with Gasteiger partial charge >= 0.3 is 0 Å². The Morgan fingerprint density at radius 2 is 1.21 bits per heavy atom. The van der Waals surface area contributed by atoms with E-state index in [1.807, 2.05) is 11.3 Å². The number of thiophene rings is 1. The van der Waals surface area contributed by atoms with E-state index in [0.29, 0.717) is 0 Å². The molecule has 0 aliphatic carbocycles. The van der Waals surface area contributed by atoms with Crippen molar-refractivity contribution in [3.63, 3.8) is 0 Å². The highest BCUT2D eigenvalue weighted by molar-refractivity contribution is 7.26. The first-order chi connectivity index (χ1) is 21.1. The number of anilines is 3. The monoisotopic (exact) mass is 583 g/mol. The van der Waals surface area contributed by atoms with Crippen molar-refractivity contribution in [2.75, 3.05) is 4.90 Å². The molecule has 1 nitrogen and oxygen atoms in total. The van der Waals surface area contributed by atoms with E-state index in [0.717, 1.165) is 0 Å². The third-order valence-electron chi connectivity index (χ3n) is 9.43. The fourth-order valence-corrected chi connectivity index (χ4v) is 11.8. The van der Waals surface area contributed by atoms with Crippen molar-refractivity contribution in [3.05, 3.63) is 140 Å². The highest BCUT2D eigenvalue weighted by Gasteiger charge is 2.39. The van der Waals surface area contributed by atoms with Crippen LogP contribution in [0.4, 0.5) is 17.1 Å². The quantitative estimate of drug-likeness (QED) is 0.148. The average Bonchev–Trinajstić information content (AvgIpc) is 3.54. The maximum Gasteiger partial charge on any atom is 0.114 e. The van der Waals surface area contributed by atoms with Gasteiger partial charge in [-0.15, -0.1) is 11.3 Å². The van der Waals surface area contributed by atoms with Crippen molar-refractivity contribution >= 4 is 88.6 Å². The second kappa shape index (κ2) is 9.15. The SMILES string of the molecule is C[Si]1(C)c2cc(N(c3ccccc3)c3cc4ccccc4c4ccccc34)ccc2-c2c1ccc1c2sc2ccccc21. The number of hydrogen-bond acceptors (Lipinski definition) is 2. The van der Waals surface area contributed by atoms with Gasteiger partial charge in [-0.1, -0.05) is 116 Å². The van der Waals surface area contributed by atoms with E-state index in [9.17, 15) is 0 Å². The van der Waals surface area contributed by atoms with Crippen LogP contribution < -0.4 is 15.3 Å². The Morgan fingerprint density at radius 1 is 0.512 bits per heavy atom. The van der Waals surface area contributed by atoms with Gasteiger partial charge in [0, 0.05) is 36.9 Å². The molecule has 0 saturated carbocycles. The van der Waals surface area contributed by atoms with E-state index < -0.39 is 8.07 Å². The van der Waals surface area contributed by atoms with Crippen LogP contribution in [0, 0.1) is 0 Å². The fourth-order valence-electron chi connectivity index (χ4n) is 7.35. The van der Waals surface area contributed by atoms with E-state index in [2.05, 4.69) is 158 Å². The average molecular weight is 584 g/mol. The maximum absolute atomic E-state index is 2.53. The summed E-state index contributed by atoms with van der Waals surface area (Å²) in [5, 5.41) is 10.9. The van der Waals surface area contributed by atoms with Crippen molar-refractivity contribution in [2.24, 2.45) is 0 Å². The van der Waals surface area contributed by atoms with E-state index in [1.54, 1.807) is 5.19 Å². The Kier molecular flexibility index (Phi) is 5.29. The van der Waals surface area contributed by atoms with Gasteiger partial charge in [-0.05, 0) is 74.1 Å². The Morgan fingerprint density at radius 3 is 2.05 bits per heavy atom. The predicted octanol–water partition coefficient (Wildman–Crippen LogP) is 10.6. The van der Waals surface area contributed by atoms with Crippen LogP contribution in [0.25, 0.3) is 52.8 Å². The zero-order valence-corrected chi connectivity index (χ0v) is 26.0. The minimum absolute atomic E-state index is 1.17. The Bertz CT molecular complexity index is 2380. The lowest BCUT2D eigenvalue weighted by Gasteiger charge is -2.29. The molecule has 0 fully saturated rings. The van der Waals surface area contributed by atoms with Crippen LogP contribution in [0.3, 0.4) is 0 Å². The van der Waals surface area contributed by atoms with Gasteiger partial charge < -0.3 is 4.90 Å². The number of nitrogens with zero attached hydrogens (tertiary/aromatic N) is 1. The zero-order chi connectivity index (χ0) is 28.7. The zero-order valence-electron chi connectivity index (χ0n) is 24.1. The van der Waals surface area contributed by atoms with Gasteiger partial charge in [0.05, 0.1) is 5.69 Å².